The second kappa shape index (κ2) is 7.33. The van der Waals surface area contributed by atoms with E-state index in [4.69, 9.17) is 0 Å². The average Bonchev–Trinajstić information content (AvgIpc) is 2.48. The maximum absolute atomic E-state index is 11.5. The molecule has 1 aromatic carbocycles. The topological polar surface area (TPSA) is 49.3 Å². The summed E-state index contributed by atoms with van der Waals surface area (Å²) in [7, 11) is 6.09. The van der Waals surface area contributed by atoms with Gasteiger partial charge in [-0.25, -0.2) is 9.97 Å². The molecular formula is C18H24N4O. The maximum Gasteiger partial charge on any atom is 0.225 e. The lowest BCUT2D eigenvalue weighted by Crippen LogP contribution is -2.22. The summed E-state index contributed by atoms with van der Waals surface area (Å²) < 4.78 is 0. The molecule has 0 radical (unpaired) electrons. The Morgan fingerprint density at radius 1 is 1.09 bits per heavy atom. The van der Waals surface area contributed by atoms with Crippen LogP contribution in [0.15, 0.2) is 30.5 Å². The molecule has 1 aromatic heterocycles. The molecule has 0 aliphatic rings. The third-order valence-electron chi connectivity index (χ3n) is 3.70. The minimum atomic E-state index is -0.00645. The van der Waals surface area contributed by atoms with Crippen LogP contribution in [0.5, 0.6) is 0 Å². The molecule has 0 atom stereocenters. The molecule has 0 unspecified atom stereocenters. The Bertz CT molecular complexity index is 697. The Hall–Kier alpha value is -2.27. The molecule has 0 amide bonds. The predicted molar refractivity (Wildman–Crippen MR) is 92.7 cm³/mol. The molecule has 0 aliphatic carbocycles. The highest BCUT2D eigenvalue weighted by molar-refractivity contribution is 5.94. The van der Waals surface area contributed by atoms with E-state index in [0.29, 0.717) is 11.5 Å². The Morgan fingerprint density at radius 2 is 1.70 bits per heavy atom. The highest BCUT2D eigenvalue weighted by Gasteiger charge is 2.12. The van der Waals surface area contributed by atoms with Crippen molar-refractivity contribution in [3.63, 3.8) is 0 Å². The van der Waals surface area contributed by atoms with Gasteiger partial charge in [0.2, 0.25) is 5.95 Å². The lowest BCUT2D eigenvalue weighted by atomic mass is 10.1. The molecule has 0 bridgehead atoms. The van der Waals surface area contributed by atoms with Crippen molar-refractivity contribution < 1.29 is 4.79 Å². The summed E-state index contributed by atoms with van der Waals surface area (Å²) in [5.41, 5.74) is 3.84. The normalized spacial score (nSPS) is 10.9. The smallest absolute Gasteiger partial charge is 0.225 e. The van der Waals surface area contributed by atoms with Crippen LogP contribution in [0, 0.1) is 6.92 Å². The van der Waals surface area contributed by atoms with Crippen LogP contribution in [0.1, 0.15) is 34.1 Å². The molecule has 5 nitrogen and oxygen atoms in total. The number of anilines is 1. The lowest BCUT2D eigenvalue weighted by molar-refractivity contribution is 0.101. The van der Waals surface area contributed by atoms with E-state index in [1.165, 1.54) is 18.1 Å². The summed E-state index contributed by atoms with van der Waals surface area (Å²) in [4.78, 5) is 24.4. The first kappa shape index (κ1) is 17.1. The van der Waals surface area contributed by atoms with Crippen LogP contribution in [0.3, 0.4) is 0 Å². The molecule has 0 spiro atoms. The molecule has 23 heavy (non-hydrogen) atoms. The van der Waals surface area contributed by atoms with E-state index in [0.717, 1.165) is 18.8 Å². The SMILES string of the molecule is CC(=O)c1cnc(N(C)Cc2ccccc2CN(C)C)nc1C. The highest BCUT2D eigenvalue weighted by atomic mass is 16.1. The number of Topliss-reactive ketones (excluding diaryl/α,β-unsaturated/α-hetero) is 1. The van der Waals surface area contributed by atoms with Gasteiger partial charge in [0.1, 0.15) is 0 Å². The molecule has 5 heteroatoms. The molecule has 0 aliphatic heterocycles. The van der Waals surface area contributed by atoms with E-state index in [1.54, 1.807) is 6.20 Å². The largest absolute Gasteiger partial charge is 0.340 e. The fraction of sp³-hybridized carbons (Fsp3) is 0.389. The summed E-state index contributed by atoms with van der Waals surface area (Å²) in [5, 5.41) is 0. The van der Waals surface area contributed by atoms with Gasteiger partial charge < -0.3 is 9.80 Å². The van der Waals surface area contributed by atoms with Crippen molar-refractivity contribution in [2.24, 2.45) is 0 Å². The Balaban J connectivity index is 2.21. The Morgan fingerprint density at radius 3 is 2.22 bits per heavy atom. The number of nitrogens with zero attached hydrogens (tertiary/aromatic N) is 4. The Kier molecular flexibility index (Phi) is 5.45. The number of rotatable bonds is 6. The monoisotopic (exact) mass is 312 g/mol. The second-order valence-electron chi connectivity index (χ2n) is 6.09. The van der Waals surface area contributed by atoms with E-state index in [9.17, 15) is 4.79 Å². The predicted octanol–water partition coefficient (Wildman–Crippen LogP) is 2.69. The van der Waals surface area contributed by atoms with Crippen LogP contribution in [-0.4, -0.2) is 41.8 Å². The van der Waals surface area contributed by atoms with Gasteiger partial charge in [0.05, 0.1) is 11.3 Å². The van der Waals surface area contributed by atoms with E-state index in [-0.39, 0.29) is 5.78 Å². The summed E-state index contributed by atoms with van der Waals surface area (Å²) in [6, 6.07) is 8.39. The van der Waals surface area contributed by atoms with Gasteiger partial charge in [-0.05, 0) is 39.1 Å². The number of ketones is 1. The van der Waals surface area contributed by atoms with E-state index < -0.39 is 0 Å². The van der Waals surface area contributed by atoms with Crippen molar-refractivity contribution in [1.29, 1.82) is 0 Å². The third kappa shape index (κ3) is 4.36. The zero-order chi connectivity index (χ0) is 17.0. The Labute approximate surface area is 138 Å². The van der Waals surface area contributed by atoms with Crippen LogP contribution in [-0.2, 0) is 13.1 Å². The lowest BCUT2D eigenvalue weighted by Gasteiger charge is -2.21. The molecule has 0 saturated heterocycles. The second-order valence-corrected chi connectivity index (χ2v) is 6.09. The standard InChI is InChI=1S/C18H24N4O/c1-13-17(14(2)23)10-19-18(20-13)22(5)12-16-9-7-6-8-15(16)11-21(3)4/h6-10H,11-12H2,1-5H3. The molecule has 122 valence electrons. The van der Waals surface area contributed by atoms with Crippen molar-refractivity contribution in [2.45, 2.75) is 26.9 Å². The van der Waals surface area contributed by atoms with Crippen molar-refractivity contribution in [1.82, 2.24) is 14.9 Å². The van der Waals surface area contributed by atoms with E-state index >= 15 is 0 Å². The zero-order valence-electron chi connectivity index (χ0n) is 14.5. The number of benzene rings is 1. The fourth-order valence-electron chi connectivity index (χ4n) is 2.52. The number of carbonyl (C=O) groups excluding carboxylic acids is 1. The molecule has 0 N–H and O–H groups in total. The third-order valence-corrected chi connectivity index (χ3v) is 3.70. The van der Waals surface area contributed by atoms with Crippen molar-refractivity contribution in [3.05, 3.63) is 52.8 Å². The summed E-state index contributed by atoms with van der Waals surface area (Å²) in [6.45, 7) is 5.00. The van der Waals surface area contributed by atoms with Gasteiger partial charge in [-0.1, -0.05) is 24.3 Å². The first-order valence-electron chi connectivity index (χ1n) is 7.65. The number of carbonyl (C=O) groups is 1. The molecular weight excluding hydrogens is 288 g/mol. The summed E-state index contributed by atoms with van der Waals surface area (Å²) in [5.74, 6) is 0.625. The van der Waals surface area contributed by atoms with Crippen molar-refractivity contribution in [2.75, 3.05) is 26.0 Å². The quantitative estimate of drug-likeness (QED) is 0.768. The number of aryl methyl sites for hydroxylation is 1. The van der Waals surface area contributed by atoms with Gasteiger partial charge in [0.25, 0.3) is 0 Å². The molecule has 1 heterocycles. The van der Waals surface area contributed by atoms with Crippen LogP contribution in [0.2, 0.25) is 0 Å². The minimum Gasteiger partial charge on any atom is -0.340 e. The van der Waals surface area contributed by atoms with Crippen LogP contribution in [0.25, 0.3) is 0 Å². The van der Waals surface area contributed by atoms with Gasteiger partial charge in [0, 0.05) is 26.3 Å². The van der Waals surface area contributed by atoms with Crippen molar-refractivity contribution in [3.8, 4) is 0 Å². The van der Waals surface area contributed by atoms with Crippen molar-refractivity contribution >= 4 is 11.7 Å². The summed E-state index contributed by atoms with van der Waals surface area (Å²) >= 11 is 0. The van der Waals surface area contributed by atoms with Crippen LogP contribution >= 0.6 is 0 Å². The fourth-order valence-corrected chi connectivity index (χ4v) is 2.52. The molecule has 2 aromatic rings. The van der Waals surface area contributed by atoms with E-state index in [2.05, 4.69) is 47.2 Å². The molecule has 2 rings (SSSR count). The summed E-state index contributed by atoms with van der Waals surface area (Å²) in [6.07, 6.45) is 1.61. The van der Waals surface area contributed by atoms with Gasteiger partial charge in [-0.2, -0.15) is 0 Å². The number of hydrogen-bond donors (Lipinski definition) is 0. The zero-order valence-corrected chi connectivity index (χ0v) is 14.5. The maximum atomic E-state index is 11.5. The molecule has 0 fully saturated rings. The van der Waals surface area contributed by atoms with Gasteiger partial charge in [-0.15, -0.1) is 0 Å². The van der Waals surface area contributed by atoms with Gasteiger partial charge in [0.15, 0.2) is 5.78 Å². The van der Waals surface area contributed by atoms with Crippen LogP contribution < -0.4 is 4.90 Å². The first-order chi connectivity index (χ1) is 10.9. The molecule has 0 saturated carbocycles. The average molecular weight is 312 g/mol. The number of aromatic nitrogens is 2. The first-order valence-corrected chi connectivity index (χ1v) is 7.65. The number of hydrogen-bond acceptors (Lipinski definition) is 5. The van der Waals surface area contributed by atoms with Gasteiger partial charge >= 0.3 is 0 Å². The minimum absolute atomic E-state index is 0.00645. The van der Waals surface area contributed by atoms with Crippen LogP contribution in [0.4, 0.5) is 5.95 Å². The van der Waals surface area contributed by atoms with E-state index in [1.807, 2.05) is 24.9 Å². The highest BCUT2D eigenvalue weighted by Crippen LogP contribution is 2.17. The van der Waals surface area contributed by atoms with Gasteiger partial charge in [-0.3, -0.25) is 4.79 Å².